The molecule has 0 spiro atoms. The standard InChI is InChI=1S/C28H30N2O4S2/c31-26(30-24(28(33)34)19-36-18-22-14-8-3-9-15-22)23(16-20-10-4-1-5-11-20)29-27(32)25(35)17-21-12-6-2-7-13-21/h1-15,23-25,35H,16-19H2,(H,29,32)(H,30,31)(H,33,34)/t23-,24-,25-/m0/s1. The predicted molar refractivity (Wildman–Crippen MR) is 147 cm³/mol. The molecule has 0 unspecified atom stereocenters. The lowest BCUT2D eigenvalue weighted by atomic mass is 10.0. The van der Waals surface area contributed by atoms with Crippen molar-refractivity contribution in [3.8, 4) is 0 Å². The fourth-order valence-electron chi connectivity index (χ4n) is 3.57. The monoisotopic (exact) mass is 522 g/mol. The zero-order valence-corrected chi connectivity index (χ0v) is 21.5. The summed E-state index contributed by atoms with van der Waals surface area (Å²) in [5, 5.41) is 14.4. The summed E-state index contributed by atoms with van der Waals surface area (Å²) in [5.41, 5.74) is 2.88. The molecular formula is C28H30N2O4S2. The van der Waals surface area contributed by atoms with Gasteiger partial charge in [0.15, 0.2) is 0 Å². The molecule has 0 heterocycles. The van der Waals surface area contributed by atoms with Gasteiger partial charge in [-0.05, 0) is 23.1 Å². The molecule has 8 heteroatoms. The van der Waals surface area contributed by atoms with Gasteiger partial charge in [0, 0.05) is 17.9 Å². The van der Waals surface area contributed by atoms with Gasteiger partial charge in [-0.15, -0.1) is 0 Å². The highest BCUT2D eigenvalue weighted by molar-refractivity contribution is 7.98. The molecule has 0 saturated heterocycles. The largest absolute Gasteiger partial charge is 0.480 e. The molecule has 188 valence electrons. The van der Waals surface area contributed by atoms with E-state index >= 15 is 0 Å². The summed E-state index contributed by atoms with van der Waals surface area (Å²) in [6.07, 6.45) is 0.636. The summed E-state index contributed by atoms with van der Waals surface area (Å²) in [5.74, 6) is -1.22. The van der Waals surface area contributed by atoms with E-state index in [1.807, 2.05) is 91.0 Å². The van der Waals surface area contributed by atoms with Crippen molar-refractivity contribution in [2.24, 2.45) is 0 Å². The number of carbonyl (C=O) groups is 3. The molecule has 3 atom stereocenters. The number of benzene rings is 3. The minimum atomic E-state index is -1.12. The Morgan fingerprint density at radius 3 is 1.69 bits per heavy atom. The van der Waals surface area contributed by atoms with Gasteiger partial charge in [-0.25, -0.2) is 4.79 Å². The molecule has 3 N–H and O–H groups in total. The van der Waals surface area contributed by atoms with Crippen molar-refractivity contribution in [1.82, 2.24) is 10.6 Å². The van der Waals surface area contributed by atoms with E-state index in [9.17, 15) is 19.5 Å². The lowest BCUT2D eigenvalue weighted by Crippen LogP contribution is -2.54. The molecule has 0 aromatic heterocycles. The molecule has 0 radical (unpaired) electrons. The van der Waals surface area contributed by atoms with Crippen LogP contribution in [0.5, 0.6) is 0 Å². The molecule has 0 aliphatic rings. The van der Waals surface area contributed by atoms with Crippen molar-refractivity contribution in [3.05, 3.63) is 108 Å². The molecule has 0 fully saturated rings. The van der Waals surface area contributed by atoms with Gasteiger partial charge < -0.3 is 15.7 Å². The van der Waals surface area contributed by atoms with E-state index in [1.54, 1.807) is 0 Å². The van der Waals surface area contributed by atoms with Crippen molar-refractivity contribution in [2.75, 3.05) is 5.75 Å². The average Bonchev–Trinajstić information content (AvgIpc) is 2.89. The maximum Gasteiger partial charge on any atom is 0.327 e. The fraction of sp³-hybridized carbons (Fsp3) is 0.250. The van der Waals surface area contributed by atoms with Gasteiger partial charge in [-0.2, -0.15) is 24.4 Å². The van der Waals surface area contributed by atoms with Gasteiger partial charge in [0.1, 0.15) is 12.1 Å². The molecule has 2 amide bonds. The van der Waals surface area contributed by atoms with Crippen LogP contribution in [-0.2, 0) is 33.0 Å². The van der Waals surface area contributed by atoms with Gasteiger partial charge in [-0.3, -0.25) is 9.59 Å². The topological polar surface area (TPSA) is 95.5 Å². The number of nitrogens with one attached hydrogen (secondary N) is 2. The summed E-state index contributed by atoms with van der Waals surface area (Å²) in [4.78, 5) is 38.0. The smallest absolute Gasteiger partial charge is 0.327 e. The Labute approximate surface area is 221 Å². The van der Waals surface area contributed by atoms with Crippen molar-refractivity contribution < 1.29 is 19.5 Å². The summed E-state index contributed by atoms with van der Waals surface area (Å²) >= 11 is 5.87. The van der Waals surface area contributed by atoms with Crippen LogP contribution in [0.1, 0.15) is 16.7 Å². The number of thioether (sulfide) groups is 1. The van der Waals surface area contributed by atoms with Crippen molar-refractivity contribution in [2.45, 2.75) is 35.9 Å². The predicted octanol–water partition coefficient (Wildman–Crippen LogP) is 3.76. The first-order chi connectivity index (χ1) is 17.4. The lowest BCUT2D eigenvalue weighted by molar-refractivity contribution is -0.141. The number of carboxylic acids is 1. The fourth-order valence-corrected chi connectivity index (χ4v) is 4.87. The van der Waals surface area contributed by atoms with Gasteiger partial charge >= 0.3 is 5.97 Å². The van der Waals surface area contributed by atoms with E-state index in [0.29, 0.717) is 12.2 Å². The Morgan fingerprint density at radius 1 is 0.694 bits per heavy atom. The molecule has 0 saturated carbocycles. The first-order valence-electron chi connectivity index (χ1n) is 11.6. The second-order valence-electron chi connectivity index (χ2n) is 8.36. The number of aliphatic carboxylic acids is 1. The second-order valence-corrected chi connectivity index (χ2v) is 10.0. The summed E-state index contributed by atoms with van der Waals surface area (Å²) in [6, 6.07) is 26.5. The van der Waals surface area contributed by atoms with Crippen LogP contribution in [0.25, 0.3) is 0 Å². The van der Waals surface area contributed by atoms with E-state index in [2.05, 4.69) is 23.3 Å². The Kier molecular flexibility index (Phi) is 10.9. The number of rotatable bonds is 13. The number of carboxylic acid groups (broad SMARTS) is 1. The van der Waals surface area contributed by atoms with Crippen LogP contribution in [0, 0.1) is 0 Å². The van der Waals surface area contributed by atoms with E-state index < -0.39 is 29.2 Å². The quantitative estimate of drug-likeness (QED) is 0.257. The summed E-state index contributed by atoms with van der Waals surface area (Å²) in [7, 11) is 0. The molecule has 0 bridgehead atoms. The Balaban J connectivity index is 1.65. The van der Waals surface area contributed by atoms with E-state index in [0.717, 1.165) is 16.7 Å². The molecule has 0 aliphatic carbocycles. The van der Waals surface area contributed by atoms with Crippen LogP contribution in [-0.4, -0.2) is 46.0 Å². The van der Waals surface area contributed by atoms with Crippen LogP contribution < -0.4 is 10.6 Å². The van der Waals surface area contributed by atoms with Crippen LogP contribution in [0.15, 0.2) is 91.0 Å². The van der Waals surface area contributed by atoms with Crippen LogP contribution >= 0.6 is 24.4 Å². The van der Waals surface area contributed by atoms with E-state index in [-0.39, 0.29) is 18.1 Å². The highest BCUT2D eigenvalue weighted by Crippen LogP contribution is 2.14. The molecule has 36 heavy (non-hydrogen) atoms. The maximum atomic E-state index is 13.2. The third-order valence-electron chi connectivity index (χ3n) is 5.50. The second kappa shape index (κ2) is 14.4. The van der Waals surface area contributed by atoms with Crippen molar-refractivity contribution in [1.29, 1.82) is 0 Å². The minimum Gasteiger partial charge on any atom is -0.480 e. The van der Waals surface area contributed by atoms with E-state index in [1.165, 1.54) is 11.8 Å². The zero-order valence-electron chi connectivity index (χ0n) is 19.7. The van der Waals surface area contributed by atoms with E-state index in [4.69, 9.17) is 0 Å². The normalized spacial score (nSPS) is 13.2. The SMILES string of the molecule is O=C(O)[C@H](CSCc1ccccc1)NC(=O)[C@H](Cc1ccccc1)NC(=O)[C@@H](S)Cc1ccccc1. The van der Waals surface area contributed by atoms with Crippen LogP contribution in [0.4, 0.5) is 0 Å². The number of carbonyl (C=O) groups excluding carboxylic acids is 2. The average molecular weight is 523 g/mol. The maximum absolute atomic E-state index is 13.2. The zero-order chi connectivity index (χ0) is 25.8. The lowest BCUT2D eigenvalue weighted by Gasteiger charge is -2.23. The molecular weight excluding hydrogens is 492 g/mol. The number of hydrogen-bond acceptors (Lipinski definition) is 5. The van der Waals surface area contributed by atoms with Crippen molar-refractivity contribution >= 4 is 42.2 Å². The Bertz CT molecular complexity index is 1110. The van der Waals surface area contributed by atoms with Gasteiger partial charge in [0.25, 0.3) is 0 Å². The van der Waals surface area contributed by atoms with Gasteiger partial charge in [0.2, 0.25) is 11.8 Å². The molecule has 6 nitrogen and oxygen atoms in total. The number of thiol groups is 1. The molecule has 3 aromatic rings. The first kappa shape index (κ1) is 27.4. The first-order valence-corrected chi connectivity index (χ1v) is 13.3. The highest BCUT2D eigenvalue weighted by Gasteiger charge is 2.28. The molecule has 3 rings (SSSR count). The third kappa shape index (κ3) is 9.09. The van der Waals surface area contributed by atoms with Crippen LogP contribution in [0.3, 0.4) is 0 Å². The van der Waals surface area contributed by atoms with Gasteiger partial charge in [-0.1, -0.05) is 91.0 Å². The van der Waals surface area contributed by atoms with Crippen molar-refractivity contribution in [3.63, 3.8) is 0 Å². The Morgan fingerprint density at radius 2 is 1.17 bits per heavy atom. The summed E-state index contributed by atoms with van der Waals surface area (Å²) < 4.78 is 0. The highest BCUT2D eigenvalue weighted by atomic mass is 32.2. The minimum absolute atomic E-state index is 0.200. The Hall–Kier alpha value is -3.23. The summed E-state index contributed by atoms with van der Waals surface area (Å²) in [6.45, 7) is 0. The third-order valence-corrected chi connectivity index (χ3v) is 7.02. The molecule has 0 aliphatic heterocycles. The van der Waals surface area contributed by atoms with Gasteiger partial charge in [0.05, 0.1) is 5.25 Å². The number of hydrogen-bond donors (Lipinski definition) is 4. The molecule has 3 aromatic carbocycles. The van der Waals surface area contributed by atoms with Crippen LogP contribution in [0.2, 0.25) is 0 Å². The number of amides is 2.